The summed E-state index contributed by atoms with van der Waals surface area (Å²) in [6, 6.07) is 12.7. The lowest BCUT2D eigenvalue weighted by Gasteiger charge is -2.18. The number of hydrazine groups is 1. The van der Waals surface area contributed by atoms with Gasteiger partial charge in [-0.2, -0.15) is 4.31 Å². The molecule has 8 nitrogen and oxygen atoms in total. The molecule has 0 saturated carbocycles. The second-order valence-electron chi connectivity index (χ2n) is 6.15. The van der Waals surface area contributed by atoms with Gasteiger partial charge in [-0.1, -0.05) is 32.0 Å². The number of rotatable bonds is 8. The Balaban J connectivity index is 2.03. The van der Waals surface area contributed by atoms with Crippen molar-refractivity contribution in [3.05, 3.63) is 59.7 Å². The monoisotopic (exact) mass is 419 g/mol. The quantitative estimate of drug-likeness (QED) is 0.634. The Morgan fingerprint density at radius 1 is 1.00 bits per heavy atom. The maximum Gasteiger partial charge on any atom is 0.269 e. The molecule has 0 fully saturated rings. The van der Waals surface area contributed by atoms with Crippen molar-refractivity contribution in [2.75, 3.05) is 20.2 Å². The van der Waals surface area contributed by atoms with Crippen molar-refractivity contribution in [2.45, 2.75) is 25.2 Å². The van der Waals surface area contributed by atoms with Crippen molar-refractivity contribution < 1.29 is 22.7 Å². The van der Waals surface area contributed by atoms with Gasteiger partial charge in [0, 0.05) is 18.7 Å². The molecule has 0 aliphatic rings. The molecule has 9 heteroatoms. The van der Waals surface area contributed by atoms with E-state index in [1.54, 1.807) is 38.1 Å². The lowest BCUT2D eigenvalue weighted by molar-refractivity contribution is -0.121. The average molecular weight is 420 g/mol. The molecule has 0 unspecified atom stereocenters. The van der Waals surface area contributed by atoms with Gasteiger partial charge >= 0.3 is 0 Å². The Morgan fingerprint density at radius 3 is 2.34 bits per heavy atom. The number of carbonyl (C=O) groups excluding carboxylic acids is 2. The summed E-state index contributed by atoms with van der Waals surface area (Å²) in [6.45, 7) is 4.15. The molecule has 2 aromatic carbocycles. The molecule has 0 aromatic heterocycles. The summed E-state index contributed by atoms with van der Waals surface area (Å²) in [5.74, 6) is -0.398. The van der Waals surface area contributed by atoms with Gasteiger partial charge in [0.15, 0.2) is 0 Å². The van der Waals surface area contributed by atoms with Crippen molar-refractivity contribution in [1.29, 1.82) is 0 Å². The third-order valence-corrected chi connectivity index (χ3v) is 6.30. The van der Waals surface area contributed by atoms with E-state index in [0.717, 1.165) is 5.56 Å². The van der Waals surface area contributed by atoms with Gasteiger partial charge in [-0.25, -0.2) is 8.42 Å². The molecule has 0 aliphatic carbocycles. The summed E-state index contributed by atoms with van der Waals surface area (Å²) in [5, 5.41) is 0. The third kappa shape index (κ3) is 5.78. The first kappa shape index (κ1) is 22.4. The predicted molar refractivity (Wildman–Crippen MR) is 109 cm³/mol. The third-order valence-electron chi connectivity index (χ3n) is 4.25. The molecular formula is C20H25N3O5S. The summed E-state index contributed by atoms with van der Waals surface area (Å²) in [4.78, 5) is 24.4. The van der Waals surface area contributed by atoms with Gasteiger partial charge in [0.05, 0.1) is 18.4 Å². The Hall–Kier alpha value is -2.91. The number of nitrogens with zero attached hydrogens (tertiary/aromatic N) is 1. The van der Waals surface area contributed by atoms with Crippen LogP contribution < -0.4 is 15.6 Å². The van der Waals surface area contributed by atoms with Crippen molar-refractivity contribution in [1.82, 2.24) is 15.2 Å². The van der Waals surface area contributed by atoms with Crippen molar-refractivity contribution in [3.63, 3.8) is 0 Å². The van der Waals surface area contributed by atoms with E-state index in [-0.39, 0.29) is 16.9 Å². The zero-order chi connectivity index (χ0) is 21.4. The molecule has 2 amide bonds. The number of sulfonamides is 1. The zero-order valence-electron chi connectivity index (χ0n) is 16.6. The van der Waals surface area contributed by atoms with Crippen LogP contribution in [0.25, 0.3) is 0 Å². The van der Waals surface area contributed by atoms with Crippen LogP contribution in [-0.4, -0.2) is 44.7 Å². The summed E-state index contributed by atoms with van der Waals surface area (Å²) in [6.07, 6.45) is 0.0495. The number of ether oxygens (including phenoxy) is 1. The maximum atomic E-state index is 12.6. The molecule has 2 aromatic rings. The van der Waals surface area contributed by atoms with Crippen LogP contribution in [0.15, 0.2) is 53.4 Å². The van der Waals surface area contributed by atoms with E-state index in [4.69, 9.17) is 4.74 Å². The normalized spacial score (nSPS) is 11.2. The molecular weight excluding hydrogens is 394 g/mol. The Bertz CT molecular complexity index is 972. The molecule has 0 saturated heterocycles. The van der Waals surface area contributed by atoms with Crippen LogP contribution in [0.4, 0.5) is 0 Å². The van der Waals surface area contributed by atoms with Gasteiger partial charge in [0.1, 0.15) is 5.75 Å². The van der Waals surface area contributed by atoms with Gasteiger partial charge in [-0.05, 0) is 35.9 Å². The average Bonchev–Trinajstić information content (AvgIpc) is 2.73. The molecule has 0 heterocycles. The minimum absolute atomic E-state index is 0.0246. The van der Waals surface area contributed by atoms with Crippen LogP contribution in [0, 0.1) is 0 Å². The smallest absolute Gasteiger partial charge is 0.269 e. The van der Waals surface area contributed by atoms with Crippen LogP contribution in [0.1, 0.15) is 29.8 Å². The number of carbonyl (C=O) groups is 2. The highest BCUT2D eigenvalue weighted by Gasteiger charge is 2.22. The minimum Gasteiger partial charge on any atom is -0.497 e. The Labute approximate surface area is 170 Å². The predicted octanol–water partition coefficient (Wildman–Crippen LogP) is 1.73. The molecule has 0 aliphatic heterocycles. The van der Waals surface area contributed by atoms with E-state index >= 15 is 0 Å². The lowest BCUT2D eigenvalue weighted by Crippen LogP contribution is -2.42. The molecule has 0 radical (unpaired) electrons. The molecule has 0 atom stereocenters. The fourth-order valence-corrected chi connectivity index (χ4v) is 4.23. The number of hydrogen-bond donors (Lipinski definition) is 2. The van der Waals surface area contributed by atoms with Gasteiger partial charge in [0.2, 0.25) is 15.9 Å². The van der Waals surface area contributed by atoms with E-state index in [1.807, 2.05) is 0 Å². The maximum absolute atomic E-state index is 12.6. The summed E-state index contributed by atoms with van der Waals surface area (Å²) in [7, 11) is -2.15. The van der Waals surface area contributed by atoms with E-state index in [0.29, 0.717) is 18.8 Å². The fourth-order valence-electron chi connectivity index (χ4n) is 2.72. The lowest BCUT2D eigenvalue weighted by atomic mass is 10.1. The Kier molecular flexibility index (Phi) is 7.74. The SMILES string of the molecule is CCN(CC)S(=O)(=O)c1cccc(C(=O)NNC(=O)Cc2cccc(OC)c2)c1. The van der Waals surface area contributed by atoms with Crippen LogP contribution in [0.2, 0.25) is 0 Å². The second-order valence-corrected chi connectivity index (χ2v) is 8.09. The van der Waals surface area contributed by atoms with Crippen molar-refractivity contribution in [3.8, 4) is 5.75 Å². The van der Waals surface area contributed by atoms with Crippen LogP contribution in [0.5, 0.6) is 5.75 Å². The van der Waals surface area contributed by atoms with Crippen molar-refractivity contribution >= 4 is 21.8 Å². The van der Waals surface area contributed by atoms with E-state index in [9.17, 15) is 18.0 Å². The van der Waals surface area contributed by atoms with Crippen molar-refractivity contribution in [2.24, 2.45) is 0 Å². The van der Waals surface area contributed by atoms with Crippen LogP contribution in [-0.2, 0) is 21.2 Å². The highest BCUT2D eigenvalue weighted by molar-refractivity contribution is 7.89. The van der Waals surface area contributed by atoms with Gasteiger partial charge in [0.25, 0.3) is 5.91 Å². The van der Waals surface area contributed by atoms with Crippen LogP contribution in [0.3, 0.4) is 0 Å². The molecule has 29 heavy (non-hydrogen) atoms. The molecule has 0 spiro atoms. The number of benzene rings is 2. The topological polar surface area (TPSA) is 105 Å². The Morgan fingerprint density at radius 2 is 1.69 bits per heavy atom. The first-order valence-electron chi connectivity index (χ1n) is 9.14. The van der Waals surface area contributed by atoms with Crippen LogP contribution >= 0.6 is 0 Å². The molecule has 0 bridgehead atoms. The highest BCUT2D eigenvalue weighted by Crippen LogP contribution is 2.17. The van der Waals surface area contributed by atoms with E-state index in [1.165, 1.54) is 35.7 Å². The van der Waals surface area contributed by atoms with Gasteiger partial charge in [-0.3, -0.25) is 20.4 Å². The minimum atomic E-state index is -3.68. The first-order valence-corrected chi connectivity index (χ1v) is 10.6. The summed E-state index contributed by atoms with van der Waals surface area (Å²) >= 11 is 0. The standard InChI is InChI=1S/C20H25N3O5S/c1-4-23(5-2)29(26,27)18-11-7-9-16(14-18)20(25)22-21-19(24)13-15-8-6-10-17(12-15)28-3/h6-12,14H,4-5,13H2,1-3H3,(H,21,24)(H,22,25). The number of nitrogens with one attached hydrogen (secondary N) is 2. The van der Waals surface area contributed by atoms with E-state index < -0.39 is 21.8 Å². The van der Waals surface area contributed by atoms with Gasteiger partial charge in [-0.15, -0.1) is 0 Å². The second kappa shape index (κ2) is 10.0. The van der Waals surface area contributed by atoms with Gasteiger partial charge < -0.3 is 4.74 Å². The highest BCUT2D eigenvalue weighted by atomic mass is 32.2. The van der Waals surface area contributed by atoms with E-state index in [2.05, 4.69) is 10.9 Å². The number of methoxy groups -OCH3 is 1. The number of hydrogen-bond acceptors (Lipinski definition) is 5. The molecule has 2 rings (SSSR count). The molecule has 156 valence electrons. The first-order chi connectivity index (χ1) is 13.8. The summed E-state index contributed by atoms with van der Waals surface area (Å²) in [5.41, 5.74) is 5.49. The zero-order valence-corrected chi connectivity index (χ0v) is 17.5. The molecule has 2 N–H and O–H groups in total. The number of amides is 2. The largest absolute Gasteiger partial charge is 0.497 e. The summed E-state index contributed by atoms with van der Waals surface area (Å²) < 4.78 is 31.6. The fraction of sp³-hybridized carbons (Fsp3) is 0.300.